The van der Waals surface area contributed by atoms with E-state index in [1.165, 1.54) is 12.5 Å². The Morgan fingerprint density at radius 3 is 2.41 bits per heavy atom. The Morgan fingerprint density at radius 1 is 1.06 bits per heavy atom. The number of esters is 1. The van der Waals surface area contributed by atoms with E-state index >= 15 is 0 Å². The molecule has 0 aliphatic heterocycles. The van der Waals surface area contributed by atoms with Gasteiger partial charge in [0.25, 0.3) is 0 Å². The lowest BCUT2D eigenvalue weighted by Crippen LogP contribution is -2.24. The van der Waals surface area contributed by atoms with Crippen LogP contribution in [0.1, 0.15) is 50.7 Å². The molecule has 0 bridgehead atoms. The van der Waals surface area contributed by atoms with Crippen LogP contribution in [0.2, 0.25) is 0 Å². The van der Waals surface area contributed by atoms with Crippen LogP contribution in [0.4, 0.5) is 20.2 Å². The van der Waals surface area contributed by atoms with Gasteiger partial charge in [0.15, 0.2) is 17.9 Å². The van der Waals surface area contributed by atoms with Crippen LogP contribution in [0, 0.1) is 0 Å². The summed E-state index contributed by atoms with van der Waals surface area (Å²) in [5.74, 6) is 0.189. The van der Waals surface area contributed by atoms with Gasteiger partial charge in [0.1, 0.15) is 11.4 Å². The minimum Gasteiger partial charge on any atom is -0.487 e. The smallest absolute Gasteiger partial charge is 0.387 e. The maximum atomic E-state index is 12.9. The third-order valence-corrected chi connectivity index (χ3v) is 4.41. The molecule has 0 N–H and O–H groups in total. The Morgan fingerprint density at radius 2 is 1.79 bits per heavy atom. The minimum absolute atomic E-state index is 0.0745. The monoisotopic (exact) mass is 474 g/mol. The number of anilines is 2. The lowest BCUT2D eigenvalue weighted by atomic mass is 10.1. The number of carbonyl (C=O) groups is 1. The SMILES string of the molecule is CC(C)Oc1cc(N(Cc2cnco2)c2cccc(C(=O)OC(C)(C)C)c2)ccc1OC(F)F. The summed E-state index contributed by atoms with van der Waals surface area (Å²) < 4.78 is 47.1. The van der Waals surface area contributed by atoms with Crippen LogP contribution in [0.5, 0.6) is 11.5 Å². The van der Waals surface area contributed by atoms with Gasteiger partial charge in [-0.3, -0.25) is 0 Å². The van der Waals surface area contributed by atoms with Crippen molar-refractivity contribution in [2.45, 2.75) is 59.5 Å². The van der Waals surface area contributed by atoms with Crippen LogP contribution >= 0.6 is 0 Å². The molecule has 0 amide bonds. The molecule has 0 unspecified atom stereocenters. The summed E-state index contributed by atoms with van der Waals surface area (Å²) in [6, 6.07) is 11.6. The first-order valence-corrected chi connectivity index (χ1v) is 10.8. The highest BCUT2D eigenvalue weighted by Gasteiger charge is 2.21. The van der Waals surface area contributed by atoms with E-state index in [9.17, 15) is 13.6 Å². The molecular formula is C25H28F2N2O5. The number of carbonyl (C=O) groups excluding carboxylic acids is 1. The molecule has 0 saturated heterocycles. The van der Waals surface area contributed by atoms with Gasteiger partial charge in [-0.2, -0.15) is 8.78 Å². The molecule has 0 fully saturated rings. The molecule has 2 aromatic carbocycles. The fourth-order valence-corrected chi connectivity index (χ4v) is 3.15. The van der Waals surface area contributed by atoms with Crippen molar-refractivity contribution in [1.29, 1.82) is 0 Å². The number of oxazole rings is 1. The fourth-order valence-electron chi connectivity index (χ4n) is 3.15. The molecule has 0 spiro atoms. The van der Waals surface area contributed by atoms with Crippen LogP contribution in [0.3, 0.4) is 0 Å². The quantitative estimate of drug-likeness (QED) is 0.334. The molecule has 3 aromatic rings. The number of hydrogen-bond acceptors (Lipinski definition) is 7. The van der Waals surface area contributed by atoms with E-state index in [0.717, 1.165) is 0 Å². The van der Waals surface area contributed by atoms with Gasteiger partial charge >= 0.3 is 12.6 Å². The highest BCUT2D eigenvalue weighted by Crippen LogP contribution is 2.37. The molecule has 3 rings (SSSR count). The fraction of sp³-hybridized carbons (Fsp3) is 0.360. The summed E-state index contributed by atoms with van der Waals surface area (Å²) in [6.45, 7) is 6.23. The number of nitrogens with zero attached hydrogens (tertiary/aromatic N) is 2. The number of aromatic nitrogens is 1. The second kappa shape index (κ2) is 10.5. The van der Waals surface area contributed by atoms with Crippen LogP contribution in [-0.2, 0) is 11.3 Å². The number of rotatable bonds is 9. The van der Waals surface area contributed by atoms with E-state index < -0.39 is 18.2 Å². The van der Waals surface area contributed by atoms with Gasteiger partial charge in [0.2, 0.25) is 0 Å². The molecular weight excluding hydrogens is 446 g/mol. The standard InChI is InChI=1S/C25H28F2N2O5/c1-16(2)32-22-12-19(9-10-21(22)33-24(26)27)29(14-20-13-28-15-31-20)18-8-6-7-17(11-18)23(30)34-25(3,4)5/h6-13,15-16,24H,14H2,1-5H3. The maximum Gasteiger partial charge on any atom is 0.387 e. The second-order valence-electron chi connectivity index (χ2n) is 8.78. The van der Waals surface area contributed by atoms with Gasteiger partial charge in [0.05, 0.1) is 24.4 Å². The molecule has 0 radical (unpaired) electrons. The minimum atomic E-state index is -2.99. The third kappa shape index (κ3) is 6.94. The van der Waals surface area contributed by atoms with Crippen LogP contribution in [0.15, 0.2) is 59.5 Å². The van der Waals surface area contributed by atoms with Gasteiger partial charge in [-0.05, 0) is 65.0 Å². The first-order valence-electron chi connectivity index (χ1n) is 10.8. The second-order valence-corrected chi connectivity index (χ2v) is 8.78. The lowest BCUT2D eigenvalue weighted by Gasteiger charge is -2.26. The molecule has 1 aromatic heterocycles. The number of benzene rings is 2. The van der Waals surface area contributed by atoms with E-state index in [4.69, 9.17) is 13.9 Å². The molecule has 0 saturated carbocycles. The number of ether oxygens (including phenoxy) is 3. The Hall–Kier alpha value is -3.62. The molecule has 9 heteroatoms. The van der Waals surface area contributed by atoms with Crippen molar-refractivity contribution in [2.24, 2.45) is 0 Å². The summed E-state index contributed by atoms with van der Waals surface area (Å²) in [5.41, 5.74) is 0.982. The zero-order chi connectivity index (χ0) is 24.9. The zero-order valence-electron chi connectivity index (χ0n) is 19.7. The van der Waals surface area contributed by atoms with Crippen molar-refractivity contribution in [3.8, 4) is 11.5 Å². The molecule has 7 nitrogen and oxygen atoms in total. The maximum absolute atomic E-state index is 12.9. The van der Waals surface area contributed by atoms with Crippen molar-refractivity contribution >= 4 is 17.3 Å². The van der Waals surface area contributed by atoms with Crippen LogP contribution in [0.25, 0.3) is 0 Å². The van der Waals surface area contributed by atoms with Crippen molar-refractivity contribution in [1.82, 2.24) is 4.98 Å². The van der Waals surface area contributed by atoms with E-state index in [2.05, 4.69) is 9.72 Å². The largest absolute Gasteiger partial charge is 0.487 e. The van der Waals surface area contributed by atoms with E-state index in [0.29, 0.717) is 22.7 Å². The number of alkyl halides is 2. The Bertz CT molecular complexity index is 1090. The zero-order valence-corrected chi connectivity index (χ0v) is 19.7. The van der Waals surface area contributed by atoms with Gasteiger partial charge in [-0.25, -0.2) is 9.78 Å². The summed E-state index contributed by atoms with van der Waals surface area (Å²) in [7, 11) is 0. The summed E-state index contributed by atoms with van der Waals surface area (Å²) in [4.78, 5) is 18.4. The Labute approximate surface area is 197 Å². The summed E-state index contributed by atoms with van der Waals surface area (Å²) in [6.07, 6.45) is 2.62. The van der Waals surface area contributed by atoms with Gasteiger partial charge in [0, 0.05) is 17.4 Å². The van der Waals surface area contributed by atoms with E-state index in [1.54, 1.807) is 71.1 Å². The third-order valence-electron chi connectivity index (χ3n) is 4.41. The molecule has 0 aliphatic carbocycles. The summed E-state index contributed by atoms with van der Waals surface area (Å²) >= 11 is 0. The van der Waals surface area contributed by atoms with E-state index in [-0.39, 0.29) is 24.1 Å². The predicted octanol–water partition coefficient (Wildman–Crippen LogP) is 6.36. The average Bonchev–Trinajstić information content (AvgIpc) is 3.25. The predicted molar refractivity (Wildman–Crippen MR) is 123 cm³/mol. The normalized spacial score (nSPS) is 11.6. The van der Waals surface area contributed by atoms with Crippen LogP contribution in [-0.4, -0.2) is 29.3 Å². The van der Waals surface area contributed by atoms with Crippen molar-refractivity contribution in [2.75, 3.05) is 4.90 Å². The molecule has 34 heavy (non-hydrogen) atoms. The highest BCUT2D eigenvalue weighted by atomic mass is 19.3. The first-order chi connectivity index (χ1) is 16.0. The topological polar surface area (TPSA) is 74.0 Å². The van der Waals surface area contributed by atoms with E-state index in [1.807, 2.05) is 11.0 Å². The lowest BCUT2D eigenvalue weighted by molar-refractivity contribution is -0.0518. The van der Waals surface area contributed by atoms with Gasteiger partial charge in [-0.1, -0.05) is 6.07 Å². The Kier molecular flexibility index (Phi) is 7.75. The van der Waals surface area contributed by atoms with Crippen molar-refractivity contribution < 1.29 is 32.2 Å². The molecule has 1 heterocycles. The number of halogens is 2. The van der Waals surface area contributed by atoms with Gasteiger partial charge in [-0.15, -0.1) is 0 Å². The number of hydrogen-bond donors (Lipinski definition) is 0. The van der Waals surface area contributed by atoms with Gasteiger partial charge < -0.3 is 23.5 Å². The van der Waals surface area contributed by atoms with Crippen LogP contribution < -0.4 is 14.4 Å². The molecule has 0 atom stereocenters. The van der Waals surface area contributed by atoms with Crippen molar-refractivity contribution in [3.63, 3.8) is 0 Å². The highest BCUT2D eigenvalue weighted by molar-refractivity contribution is 5.91. The summed E-state index contributed by atoms with van der Waals surface area (Å²) in [5, 5.41) is 0. The Balaban J connectivity index is 2.04. The van der Waals surface area contributed by atoms with Crippen molar-refractivity contribution in [3.05, 3.63) is 66.4 Å². The molecule has 0 aliphatic rings. The first kappa shape index (κ1) is 25.0. The molecule has 182 valence electrons. The average molecular weight is 475 g/mol.